The number of carbonyl (C=O) groups excluding carboxylic acids is 1. The van der Waals surface area contributed by atoms with Gasteiger partial charge in [0, 0.05) is 16.5 Å². The fourth-order valence-corrected chi connectivity index (χ4v) is 3.58. The first kappa shape index (κ1) is 21.1. The Morgan fingerprint density at radius 1 is 0.969 bits per heavy atom. The first-order chi connectivity index (χ1) is 15.5. The van der Waals surface area contributed by atoms with Crippen LogP contribution in [-0.4, -0.2) is 26.8 Å². The normalized spacial score (nSPS) is 11.5. The van der Waals surface area contributed by atoms with E-state index in [9.17, 15) is 15.0 Å². The summed E-state index contributed by atoms with van der Waals surface area (Å²) in [5, 5.41) is 24.8. The number of carbonyl (C=O) groups is 1. The molecule has 6 nitrogen and oxygen atoms in total. The zero-order chi connectivity index (χ0) is 22.7. The summed E-state index contributed by atoms with van der Waals surface area (Å²) in [5.74, 6) is -0.398. The fraction of sp³-hybridized carbons (Fsp3) is 0.115. The van der Waals surface area contributed by atoms with Gasteiger partial charge in [0.15, 0.2) is 0 Å². The Hall–Kier alpha value is -4.19. The van der Waals surface area contributed by atoms with Crippen LogP contribution >= 0.6 is 0 Å². The van der Waals surface area contributed by atoms with Gasteiger partial charge in [-0.05, 0) is 49.7 Å². The summed E-state index contributed by atoms with van der Waals surface area (Å²) in [6.45, 7) is 3.86. The molecule has 1 amide bonds. The topological polar surface area (TPSA) is 94.8 Å². The molecule has 0 radical (unpaired) electrons. The Balaban J connectivity index is 1.74. The molecule has 0 spiro atoms. The van der Waals surface area contributed by atoms with Crippen molar-refractivity contribution < 1.29 is 15.0 Å². The number of phenolic OH excluding ortho intramolecular Hbond substituents is 2. The van der Waals surface area contributed by atoms with E-state index in [1.54, 1.807) is 6.07 Å². The van der Waals surface area contributed by atoms with E-state index < -0.39 is 0 Å². The van der Waals surface area contributed by atoms with E-state index in [4.69, 9.17) is 4.98 Å². The third kappa shape index (κ3) is 4.30. The largest absolute Gasteiger partial charge is 0.508 e. The molecule has 0 saturated heterocycles. The zero-order valence-electron chi connectivity index (χ0n) is 17.8. The van der Waals surface area contributed by atoms with Crippen molar-refractivity contribution >= 4 is 22.5 Å². The highest BCUT2D eigenvalue weighted by molar-refractivity contribution is 6.08. The molecule has 32 heavy (non-hydrogen) atoms. The Morgan fingerprint density at radius 2 is 1.78 bits per heavy atom. The van der Waals surface area contributed by atoms with Crippen LogP contribution in [0.25, 0.3) is 22.2 Å². The second-order valence-corrected chi connectivity index (χ2v) is 7.50. The van der Waals surface area contributed by atoms with Gasteiger partial charge >= 0.3 is 0 Å². The molecule has 0 atom stereocenters. The van der Waals surface area contributed by atoms with E-state index >= 15 is 0 Å². The van der Waals surface area contributed by atoms with E-state index in [0.717, 1.165) is 16.5 Å². The lowest BCUT2D eigenvalue weighted by Crippen LogP contribution is -2.20. The monoisotopic (exact) mass is 425 g/mol. The summed E-state index contributed by atoms with van der Waals surface area (Å²) in [5.41, 5.74) is 7.31. The van der Waals surface area contributed by atoms with Gasteiger partial charge in [-0.3, -0.25) is 4.79 Å². The molecule has 6 heteroatoms. The van der Waals surface area contributed by atoms with Crippen LogP contribution in [0.2, 0.25) is 0 Å². The van der Waals surface area contributed by atoms with Gasteiger partial charge in [0.25, 0.3) is 5.91 Å². The van der Waals surface area contributed by atoms with Crippen LogP contribution in [0.5, 0.6) is 11.5 Å². The van der Waals surface area contributed by atoms with Gasteiger partial charge in [0.1, 0.15) is 11.5 Å². The van der Waals surface area contributed by atoms with Crippen LogP contribution in [0.15, 0.2) is 77.9 Å². The molecule has 4 aromatic rings. The molecular formula is C26H23N3O3. The van der Waals surface area contributed by atoms with Crippen molar-refractivity contribution in [1.29, 1.82) is 0 Å². The molecule has 1 heterocycles. The molecule has 160 valence electrons. The summed E-state index contributed by atoms with van der Waals surface area (Å²) >= 11 is 0. The molecule has 3 N–H and O–H groups in total. The second-order valence-electron chi connectivity index (χ2n) is 7.50. The summed E-state index contributed by atoms with van der Waals surface area (Å²) < 4.78 is 0. The molecule has 4 rings (SSSR count). The number of amides is 1. The van der Waals surface area contributed by atoms with Crippen molar-refractivity contribution in [2.45, 2.75) is 20.3 Å². The molecular weight excluding hydrogens is 402 g/mol. The number of aryl methyl sites for hydroxylation is 1. The predicted octanol–water partition coefficient (Wildman–Crippen LogP) is 5.17. The molecule has 0 aliphatic rings. The summed E-state index contributed by atoms with van der Waals surface area (Å²) in [6.07, 6.45) is 0.447. The molecule has 0 saturated carbocycles. The molecule has 1 aromatic heterocycles. The lowest BCUT2D eigenvalue weighted by molar-refractivity contribution is 0.0956. The lowest BCUT2D eigenvalue weighted by atomic mass is 10.0. The smallest absolute Gasteiger partial charge is 0.272 e. The number of fused-ring (bicyclic) bond motifs is 1. The van der Waals surface area contributed by atoms with Crippen molar-refractivity contribution in [2.75, 3.05) is 0 Å². The van der Waals surface area contributed by atoms with Crippen LogP contribution in [0.1, 0.15) is 34.8 Å². The van der Waals surface area contributed by atoms with Crippen molar-refractivity contribution in [1.82, 2.24) is 10.4 Å². The van der Waals surface area contributed by atoms with Crippen LogP contribution in [-0.2, 0) is 0 Å². The van der Waals surface area contributed by atoms with Crippen LogP contribution in [0, 0.1) is 6.92 Å². The van der Waals surface area contributed by atoms with Crippen molar-refractivity contribution in [2.24, 2.45) is 5.10 Å². The molecule has 0 unspecified atom stereocenters. The summed E-state index contributed by atoms with van der Waals surface area (Å²) in [6, 6.07) is 21.4. The molecule has 0 bridgehead atoms. The quantitative estimate of drug-likeness (QED) is 0.234. The summed E-state index contributed by atoms with van der Waals surface area (Å²) in [4.78, 5) is 17.9. The SMILES string of the molecule is CC/C(=N/NC(=O)c1cc(-c2cccc(C)c2)nc2ccccc12)c1cc(O)ccc1O. The molecule has 0 aliphatic heterocycles. The number of pyridine rings is 1. The van der Waals surface area contributed by atoms with E-state index in [1.807, 2.05) is 62.4 Å². The highest BCUT2D eigenvalue weighted by Crippen LogP contribution is 2.26. The van der Waals surface area contributed by atoms with Crippen molar-refractivity contribution in [3.63, 3.8) is 0 Å². The Bertz CT molecular complexity index is 1350. The van der Waals surface area contributed by atoms with Gasteiger partial charge in [0.05, 0.1) is 22.5 Å². The number of para-hydroxylation sites is 1. The van der Waals surface area contributed by atoms with Crippen LogP contribution < -0.4 is 5.43 Å². The summed E-state index contributed by atoms with van der Waals surface area (Å²) in [7, 11) is 0. The maximum atomic E-state index is 13.2. The average Bonchev–Trinajstić information content (AvgIpc) is 2.80. The number of hydrogen-bond acceptors (Lipinski definition) is 5. The maximum Gasteiger partial charge on any atom is 0.272 e. The van der Waals surface area contributed by atoms with E-state index in [0.29, 0.717) is 34.5 Å². The Kier molecular flexibility index (Phi) is 5.85. The van der Waals surface area contributed by atoms with Gasteiger partial charge in [-0.2, -0.15) is 5.10 Å². The third-order valence-corrected chi connectivity index (χ3v) is 5.19. The van der Waals surface area contributed by atoms with Gasteiger partial charge in [-0.1, -0.05) is 48.9 Å². The van der Waals surface area contributed by atoms with Crippen molar-refractivity contribution in [3.8, 4) is 22.8 Å². The number of benzene rings is 3. The maximum absolute atomic E-state index is 13.2. The first-order valence-electron chi connectivity index (χ1n) is 10.3. The Morgan fingerprint density at radius 3 is 2.56 bits per heavy atom. The zero-order valence-corrected chi connectivity index (χ0v) is 17.8. The van der Waals surface area contributed by atoms with Gasteiger partial charge in [0.2, 0.25) is 0 Å². The molecule has 3 aromatic carbocycles. The Labute approximate surface area is 185 Å². The van der Waals surface area contributed by atoms with Gasteiger partial charge in [-0.25, -0.2) is 10.4 Å². The third-order valence-electron chi connectivity index (χ3n) is 5.19. The predicted molar refractivity (Wildman–Crippen MR) is 126 cm³/mol. The lowest BCUT2D eigenvalue weighted by Gasteiger charge is -2.11. The minimum atomic E-state index is -0.386. The number of hydrogen-bond donors (Lipinski definition) is 3. The molecule has 0 aliphatic carbocycles. The minimum absolute atomic E-state index is 0.00759. The number of rotatable bonds is 5. The number of aromatic nitrogens is 1. The first-order valence-corrected chi connectivity index (χ1v) is 10.3. The number of nitrogens with one attached hydrogen (secondary N) is 1. The fourth-order valence-electron chi connectivity index (χ4n) is 3.58. The average molecular weight is 425 g/mol. The van der Waals surface area contributed by atoms with E-state index in [-0.39, 0.29) is 17.4 Å². The van der Waals surface area contributed by atoms with Crippen LogP contribution in [0.4, 0.5) is 0 Å². The van der Waals surface area contributed by atoms with E-state index in [2.05, 4.69) is 10.5 Å². The highest BCUT2D eigenvalue weighted by Gasteiger charge is 2.15. The van der Waals surface area contributed by atoms with Crippen molar-refractivity contribution in [3.05, 3.63) is 89.5 Å². The minimum Gasteiger partial charge on any atom is -0.508 e. The highest BCUT2D eigenvalue weighted by atomic mass is 16.3. The number of nitrogens with zero attached hydrogens (tertiary/aromatic N) is 2. The van der Waals surface area contributed by atoms with Gasteiger partial charge in [-0.15, -0.1) is 0 Å². The molecule has 0 fully saturated rings. The van der Waals surface area contributed by atoms with E-state index in [1.165, 1.54) is 18.2 Å². The van der Waals surface area contributed by atoms with Crippen LogP contribution in [0.3, 0.4) is 0 Å². The standard InChI is InChI=1S/C26H23N3O3/c1-3-22(21-14-18(30)11-12-25(21)31)28-29-26(32)20-15-24(17-8-6-7-16(2)13-17)27-23-10-5-4-9-19(20)23/h4-15,30-31H,3H2,1-2H3,(H,29,32)/b28-22-. The number of phenols is 2. The second kappa shape index (κ2) is 8.89. The number of hydrazone groups is 1. The number of aromatic hydroxyl groups is 2. The van der Waals surface area contributed by atoms with Gasteiger partial charge < -0.3 is 10.2 Å².